The zero-order valence-electron chi connectivity index (χ0n) is 21.9. The fraction of sp³-hybridized carbons (Fsp3) is 0.433. The maximum Gasteiger partial charge on any atom is 0.175 e. The molecule has 1 aliphatic carbocycles. The second kappa shape index (κ2) is 9.62. The Balaban J connectivity index is 0.00000289. The van der Waals surface area contributed by atoms with Crippen molar-refractivity contribution in [2.24, 2.45) is 16.1 Å². The van der Waals surface area contributed by atoms with Crippen LogP contribution in [0.1, 0.15) is 60.8 Å². The quantitative estimate of drug-likeness (QED) is 0.499. The largest absolute Gasteiger partial charge is 0.355 e. The smallest absolute Gasteiger partial charge is 0.175 e. The molecule has 1 saturated heterocycles. The van der Waals surface area contributed by atoms with Crippen LogP contribution in [0.25, 0.3) is 0 Å². The summed E-state index contributed by atoms with van der Waals surface area (Å²) in [5, 5.41) is 0. The average molecular weight is 563 g/mol. The summed E-state index contributed by atoms with van der Waals surface area (Å²) in [5.41, 5.74) is 11.6. The monoisotopic (exact) mass is 562 g/mol. The topological polar surface area (TPSA) is 105 Å². The first-order valence-corrected chi connectivity index (χ1v) is 15.4. The molecule has 10 heteroatoms. The van der Waals surface area contributed by atoms with Crippen LogP contribution in [0.5, 0.6) is 0 Å². The fourth-order valence-corrected chi connectivity index (χ4v) is 7.96. The SMILES string of the molecule is C.CS(=O)(=O)c1cccc2c1CCCN2C1=NCc2nc(N3CCC4(CC3)Cc3c(F)cccc3[C@H]4N)cnc21. The van der Waals surface area contributed by atoms with Gasteiger partial charge in [0.25, 0.3) is 0 Å². The molecule has 3 aromatic rings. The van der Waals surface area contributed by atoms with Gasteiger partial charge in [0.1, 0.15) is 17.3 Å². The van der Waals surface area contributed by atoms with Crippen molar-refractivity contribution in [2.75, 3.05) is 35.7 Å². The molecule has 2 N–H and O–H groups in total. The second-order valence-electron chi connectivity index (χ2n) is 11.3. The highest BCUT2D eigenvalue weighted by Crippen LogP contribution is 2.51. The Labute approximate surface area is 235 Å². The van der Waals surface area contributed by atoms with Gasteiger partial charge in [-0.25, -0.2) is 22.8 Å². The van der Waals surface area contributed by atoms with Gasteiger partial charge in [0.05, 0.1) is 23.3 Å². The van der Waals surface area contributed by atoms with E-state index in [1.165, 1.54) is 12.3 Å². The highest BCUT2D eigenvalue weighted by Gasteiger charge is 2.47. The van der Waals surface area contributed by atoms with E-state index < -0.39 is 9.84 Å². The van der Waals surface area contributed by atoms with Crippen LogP contribution in [0.4, 0.5) is 15.9 Å². The van der Waals surface area contributed by atoms with Crippen molar-refractivity contribution < 1.29 is 12.8 Å². The number of aliphatic imine (C=N–C) groups is 1. The summed E-state index contributed by atoms with van der Waals surface area (Å²) < 4.78 is 39.2. The normalized spacial score (nSPS) is 21.0. The van der Waals surface area contributed by atoms with Crippen LogP contribution in [0.3, 0.4) is 0 Å². The van der Waals surface area contributed by atoms with Gasteiger partial charge < -0.3 is 15.5 Å². The van der Waals surface area contributed by atoms with E-state index in [2.05, 4.69) is 9.80 Å². The summed E-state index contributed by atoms with van der Waals surface area (Å²) in [6.07, 6.45) is 7.07. The molecule has 0 amide bonds. The van der Waals surface area contributed by atoms with Crippen LogP contribution >= 0.6 is 0 Å². The number of nitrogens with two attached hydrogens (primary N) is 1. The molecule has 0 radical (unpaired) electrons. The molecule has 0 bridgehead atoms. The van der Waals surface area contributed by atoms with Crippen molar-refractivity contribution in [1.29, 1.82) is 0 Å². The Morgan fingerprint density at radius 1 is 1.07 bits per heavy atom. The lowest BCUT2D eigenvalue weighted by Gasteiger charge is -2.42. The molecule has 4 aliphatic rings. The van der Waals surface area contributed by atoms with Crippen molar-refractivity contribution in [1.82, 2.24) is 9.97 Å². The first-order valence-electron chi connectivity index (χ1n) is 13.5. The van der Waals surface area contributed by atoms with Crippen molar-refractivity contribution in [2.45, 2.75) is 57.0 Å². The van der Waals surface area contributed by atoms with Crippen LogP contribution in [0, 0.1) is 11.2 Å². The molecule has 8 nitrogen and oxygen atoms in total. The molecule has 0 unspecified atom stereocenters. The fourth-order valence-electron chi connectivity index (χ4n) is 6.98. The number of halogens is 1. The number of nitrogens with zero attached hydrogens (tertiary/aromatic N) is 5. The molecule has 4 heterocycles. The first kappa shape index (κ1) is 26.8. The Morgan fingerprint density at radius 3 is 2.60 bits per heavy atom. The molecule has 1 atom stereocenters. The lowest BCUT2D eigenvalue weighted by molar-refractivity contribution is 0.186. The van der Waals surface area contributed by atoms with Crippen LogP contribution in [-0.2, 0) is 29.2 Å². The van der Waals surface area contributed by atoms with Crippen LogP contribution in [0.2, 0.25) is 0 Å². The summed E-state index contributed by atoms with van der Waals surface area (Å²) >= 11 is 0. The van der Waals surface area contributed by atoms with E-state index in [9.17, 15) is 12.8 Å². The van der Waals surface area contributed by atoms with Gasteiger partial charge in [0, 0.05) is 37.6 Å². The maximum absolute atomic E-state index is 14.5. The molecular formula is C30H35FN6O2S. The minimum Gasteiger partial charge on any atom is -0.355 e. The molecule has 210 valence electrons. The van der Waals surface area contributed by atoms with Crippen LogP contribution in [-0.4, -0.2) is 50.1 Å². The molecule has 40 heavy (non-hydrogen) atoms. The highest BCUT2D eigenvalue weighted by molar-refractivity contribution is 7.90. The summed E-state index contributed by atoms with van der Waals surface area (Å²) in [6, 6.07) is 10.6. The van der Waals surface area contributed by atoms with Gasteiger partial charge in [-0.15, -0.1) is 0 Å². The Kier molecular flexibility index (Phi) is 6.46. The minimum absolute atomic E-state index is 0. The number of aromatic nitrogens is 2. The predicted octanol–water partition coefficient (Wildman–Crippen LogP) is 4.21. The Hall–Kier alpha value is -3.37. The maximum atomic E-state index is 14.5. The third-order valence-electron chi connectivity index (χ3n) is 9.05. The molecule has 3 aliphatic heterocycles. The minimum atomic E-state index is -3.33. The van der Waals surface area contributed by atoms with E-state index in [0.29, 0.717) is 17.9 Å². The standard InChI is InChI=1S/C29H31FN6O2S.CH4/c1-39(37,38)24-9-3-8-23-19(24)6-4-12-36(23)28-26-22(16-33-28)34-25(17-32-26)35-13-10-29(11-14-35)15-20-18(27(29)31)5-2-7-21(20)30;/h2-3,5,7-9,17,27H,4,6,10-16,31H2,1H3;1H4/t27-;/m1./s1. The molecule has 7 rings (SSSR count). The Morgan fingerprint density at radius 2 is 1.85 bits per heavy atom. The molecule has 1 spiro atoms. The van der Waals surface area contributed by atoms with E-state index in [0.717, 1.165) is 90.7 Å². The van der Waals surface area contributed by atoms with Gasteiger partial charge in [-0.2, -0.15) is 0 Å². The number of anilines is 2. The molecule has 0 saturated carbocycles. The van der Waals surface area contributed by atoms with Gasteiger partial charge in [-0.1, -0.05) is 25.6 Å². The van der Waals surface area contributed by atoms with E-state index in [-0.39, 0.29) is 24.7 Å². The summed E-state index contributed by atoms with van der Waals surface area (Å²) in [7, 11) is -3.33. The van der Waals surface area contributed by atoms with Gasteiger partial charge in [-0.3, -0.25) is 4.99 Å². The number of benzene rings is 2. The summed E-state index contributed by atoms with van der Waals surface area (Å²) in [6.45, 7) is 2.77. The first-order chi connectivity index (χ1) is 18.7. The van der Waals surface area contributed by atoms with Gasteiger partial charge in [0.15, 0.2) is 15.7 Å². The number of piperidine rings is 1. The number of hydrogen-bond acceptors (Lipinski definition) is 8. The predicted molar refractivity (Wildman–Crippen MR) is 155 cm³/mol. The number of rotatable bonds is 2. The molecule has 1 aromatic heterocycles. The zero-order chi connectivity index (χ0) is 26.9. The molecular weight excluding hydrogens is 527 g/mol. The van der Waals surface area contributed by atoms with E-state index >= 15 is 0 Å². The number of fused-ring (bicyclic) bond motifs is 3. The third-order valence-corrected chi connectivity index (χ3v) is 10.2. The van der Waals surface area contributed by atoms with Crippen LogP contribution < -0.4 is 15.5 Å². The van der Waals surface area contributed by atoms with Gasteiger partial charge in [0.2, 0.25) is 0 Å². The number of sulfone groups is 1. The van der Waals surface area contributed by atoms with Crippen LogP contribution in [0.15, 0.2) is 52.5 Å². The van der Waals surface area contributed by atoms with E-state index in [1.54, 1.807) is 18.2 Å². The third kappa shape index (κ3) is 4.11. The van der Waals surface area contributed by atoms with Crippen molar-refractivity contribution in [3.05, 3.63) is 76.5 Å². The highest BCUT2D eigenvalue weighted by atomic mass is 32.2. The summed E-state index contributed by atoms with van der Waals surface area (Å²) in [5.74, 6) is 1.44. The van der Waals surface area contributed by atoms with E-state index in [1.807, 2.05) is 18.3 Å². The lowest BCUT2D eigenvalue weighted by atomic mass is 9.73. The summed E-state index contributed by atoms with van der Waals surface area (Å²) in [4.78, 5) is 19.3. The van der Waals surface area contributed by atoms with Gasteiger partial charge in [-0.05, 0) is 72.4 Å². The van der Waals surface area contributed by atoms with Crippen molar-refractivity contribution >= 4 is 27.2 Å². The average Bonchev–Trinajstić information content (AvgIpc) is 3.47. The Bertz CT molecular complexity index is 1630. The zero-order valence-corrected chi connectivity index (χ0v) is 22.7. The van der Waals surface area contributed by atoms with Gasteiger partial charge >= 0.3 is 0 Å². The van der Waals surface area contributed by atoms with Crippen molar-refractivity contribution in [3.63, 3.8) is 0 Å². The second-order valence-corrected chi connectivity index (χ2v) is 13.2. The number of hydrogen-bond donors (Lipinski definition) is 1. The lowest BCUT2D eigenvalue weighted by Crippen LogP contribution is -2.44. The molecule has 1 fully saturated rings. The van der Waals surface area contributed by atoms with Crippen molar-refractivity contribution in [3.8, 4) is 0 Å². The number of amidine groups is 1. The molecule has 2 aromatic carbocycles. The van der Waals surface area contributed by atoms with E-state index in [4.69, 9.17) is 20.7 Å².